The third-order valence-corrected chi connectivity index (χ3v) is 2.60. The summed E-state index contributed by atoms with van der Waals surface area (Å²) in [5.74, 6) is 0. The fraction of sp³-hybridized carbons (Fsp3) is 0.846. The van der Waals surface area contributed by atoms with Crippen LogP contribution in [0.5, 0.6) is 0 Å². The second kappa shape index (κ2) is 43.8. The summed E-state index contributed by atoms with van der Waals surface area (Å²) in [6.45, 7) is 9.21. The molecule has 0 atom stereocenters. The zero-order valence-electron chi connectivity index (χ0n) is 14.4. The Bertz CT molecular complexity index is 144. The van der Waals surface area contributed by atoms with Gasteiger partial charge in [0.05, 0.1) is 0 Å². The van der Waals surface area contributed by atoms with Gasteiger partial charge >= 0.3 is 56.4 Å². The van der Waals surface area contributed by atoms with Crippen molar-refractivity contribution in [2.75, 3.05) is 26.2 Å². The van der Waals surface area contributed by atoms with E-state index < -0.39 is 0 Å². The van der Waals surface area contributed by atoms with Gasteiger partial charge in [-0.05, 0) is 38.9 Å². The summed E-state index contributed by atoms with van der Waals surface area (Å²) in [6, 6.07) is 0. The molecule has 8 N–H and O–H groups in total. The number of halogens is 2. The van der Waals surface area contributed by atoms with Crippen LogP contribution in [-0.4, -0.2) is 36.0 Å². The maximum Gasteiger partial charge on any atom is -0.693 e. The van der Waals surface area contributed by atoms with Crippen molar-refractivity contribution in [1.82, 2.24) is 9.80 Å². The van der Waals surface area contributed by atoms with Crippen molar-refractivity contribution in [3.63, 3.8) is 0 Å². The molecule has 0 saturated carbocycles. The molecular formula is C13H36Cl2N6Pt2-6. The van der Waals surface area contributed by atoms with Gasteiger partial charge < -0.3 is 48.5 Å². The summed E-state index contributed by atoms with van der Waals surface area (Å²) in [7, 11) is 16.7. The molecule has 0 fully saturated rings. The smallest absolute Gasteiger partial charge is 0.693 e. The quantitative estimate of drug-likeness (QED) is 0.216. The zero-order valence-corrected chi connectivity index (χ0v) is 20.4. The van der Waals surface area contributed by atoms with Crippen LogP contribution in [0.2, 0.25) is 0 Å². The molecular weight excluding hydrogens is 701 g/mol. The average molecular weight is 738 g/mol. The fourth-order valence-electron chi connectivity index (χ4n) is 1.62. The number of hydrogen-bond acceptors (Lipinski definition) is 2. The fourth-order valence-corrected chi connectivity index (χ4v) is 1.62. The van der Waals surface area contributed by atoms with E-state index in [0.29, 0.717) is 0 Å². The second-order valence-electron chi connectivity index (χ2n) is 4.30. The van der Waals surface area contributed by atoms with Gasteiger partial charge in [0.15, 0.2) is 0 Å². The molecule has 6 nitrogen and oxygen atoms in total. The van der Waals surface area contributed by atoms with E-state index in [1.165, 1.54) is 51.7 Å². The Balaban J connectivity index is -0.0000000590. The van der Waals surface area contributed by atoms with Crippen molar-refractivity contribution in [2.45, 2.75) is 46.0 Å². The van der Waals surface area contributed by atoms with Gasteiger partial charge in [-0.3, -0.25) is 0 Å². The molecule has 0 amide bonds. The van der Waals surface area contributed by atoms with Gasteiger partial charge in [-0.1, -0.05) is 33.2 Å². The maximum absolute atomic E-state index is 4.61. The van der Waals surface area contributed by atoms with Crippen LogP contribution in [-0.2, 0) is 37.5 Å². The van der Waals surface area contributed by atoms with Crippen molar-refractivity contribution in [3.8, 4) is 0 Å². The van der Waals surface area contributed by atoms with E-state index >= 15 is 0 Å². The number of nitrogens with zero attached hydrogens (tertiary/aromatic N) is 2. The third-order valence-electron chi connectivity index (χ3n) is 2.60. The Morgan fingerprint density at radius 2 is 0.957 bits per heavy atom. The normalized spacial score (nSPS) is 8.17. The van der Waals surface area contributed by atoms with Crippen molar-refractivity contribution >= 4 is 18.8 Å². The van der Waals surface area contributed by atoms with Crippen LogP contribution in [0, 0.1) is 14.1 Å². The van der Waals surface area contributed by atoms with Gasteiger partial charge in [0.1, 0.15) is 0 Å². The molecule has 0 saturated heterocycles. The Kier molecular flexibility index (Phi) is 84.3. The molecule has 0 aliphatic heterocycles. The van der Waals surface area contributed by atoms with Crippen LogP contribution in [0.4, 0.5) is 0 Å². The van der Waals surface area contributed by atoms with Crippen molar-refractivity contribution in [2.24, 2.45) is 0 Å². The first-order valence-corrected chi connectivity index (χ1v) is 12.2. The third kappa shape index (κ3) is 45.3. The molecule has 0 radical (unpaired) electrons. The van der Waals surface area contributed by atoms with Crippen LogP contribution in [0.15, 0.2) is 0 Å². The van der Waals surface area contributed by atoms with E-state index in [1.54, 1.807) is 42.4 Å². The van der Waals surface area contributed by atoms with E-state index in [2.05, 4.69) is 51.7 Å². The van der Waals surface area contributed by atoms with Gasteiger partial charge in [-0.25, -0.2) is 0 Å². The maximum atomic E-state index is 4.61. The molecule has 0 aromatic carbocycles. The van der Waals surface area contributed by atoms with Gasteiger partial charge in [-0.15, -0.1) is 0 Å². The molecule has 0 aromatic heterocycles. The summed E-state index contributed by atoms with van der Waals surface area (Å²) < 4.78 is 0. The topological polar surface area (TPSA) is 140 Å². The van der Waals surface area contributed by atoms with E-state index in [9.17, 15) is 0 Å². The van der Waals surface area contributed by atoms with Gasteiger partial charge in [0.2, 0.25) is 0 Å². The largest absolute Gasteiger partial charge is 0.693 e. The van der Waals surface area contributed by atoms with Crippen LogP contribution in [0.25, 0.3) is 24.6 Å². The van der Waals surface area contributed by atoms with E-state index in [-0.39, 0.29) is 24.6 Å². The van der Waals surface area contributed by atoms with Crippen molar-refractivity contribution in [1.29, 1.82) is 0 Å². The first-order valence-electron chi connectivity index (χ1n) is 6.55. The monoisotopic (exact) mass is 736 g/mol. The summed E-state index contributed by atoms with van der Waals surface area (Å²) in [5, 5.41) is 0. The molecule has 158 valence electrons. The summed E-state index contributed by atoms with van der Waals surface area (Å²) in [6.07, 6.45) is 6.41. The van der Waals surface area contributed by atoms with Crippen molar-refractivity contribution < 1.29 is 37.5 Å². The Labute approximate surface area is 176 Å². The minimum Gasteiger partial charge on any atom is -0.693 e. The summed E-state index contributed by atoms with van der Waals surface area (Å²) in [4.78, 5) is 4.36. The minimum absolute atomic E-state index is 0. The number of hydrogen-bond donors (Lipinski definition) is 0. The molecule has 0 aliphatic rings. The standard InChI is InChI=1S/C13H28N2.2ClH.4H2N.2Pt/c1-5-7-11-15(12-8-6-2)13-9-10-14(3)4;;;;;;;;/h3-13H2,1-2H3;2*1H;4*1H2;;/q-2;;;4*-1;2*+1/p-2. The molecule has 10 heteroatoms. The van der Waals surface area contributed by atoms with Crippen LogP contribution in [0.1, 0.15) is 46.0 Å². The zero-order chi connectivity index (χ0) is 15.5. The Hall–Kier alpha value is 1.72. The molecule has 0 rings (SSSR count). The van der Waals surface area contributed by atoms with E-state index in [0.717, 1.165) is 6.54 Å². The molecule has 0 unspecified atom stereocenters. The SMILES string of the molecule is [CH2-]N([CH2-])CCCN(CCCC)CCCC.[Cl][Pt].[Cl][Pt].[NH2-].[NH2-].[NH2-].[NH2-]. The number of nitrogens with two attached hydrogens (primary N) is 4. The molecule has 23 heavy (non-hydrogen) atoms. The molecule has 0 heterocycles. The van der Waals surface area contributed by atoms with Gasteiger partial charge in [-0.2, -0.15) is 0 Å². The molecule has 0 aromatic rings. The molecule has 0 spiro atoms. The first-order chi connectivity index (χ1) is 9.20. The van der Waals surface area contributed by atoms with Gasteiger partial charge in [0.25, 0.3) is 0 Å². The van der Waals surface area contributed by atoms with Crippen molar-refractivity contribution in [3.05, 3.63) is 38.7 Å². The van der Waals surface area contributed by atoms with Crippen LogP contribution in [0.3, 0.4) is 0 Å². The first kappa shape index (κ1) is 44.3. The predicted octanol–water partition coefficient (Wildman–Crippen LogP) is 7.41. The number of rotatable bonds is 10. The number of unbranched alkanes of at least 4 members (excludes halogenated alkanes) is 2. The van der Waals surface area contributed by atoms with E-state index in [4.69, 9.17) is 0 Å². The van der Waals surface area contributed by atoms with Crippen LogP contribution >= 0.6 is 18.8 Å². The summed E-state index contributed by atoms with van der Waals surface area (Å²) in [5.41, 5.74) is 0. The Morgan fingerprint density at radius 3 is 1.22 bits per heavy atom. The van der Waals surface area contributed by atoms with E-state index in [1.807, 2.05) is 0 Å². The van der Waals surface area contributed by atoms with Gasteiger partial charge in [0, 0.05) is 0 Å². The molecule has 0 bridgehead atoms. The second-order valence-corrected chi connectivity index (χ2v) is 4.30. The average Bonchev–Trinajstić information content (AvgIpc) is 2.45. The predicted molar refractivity (Wildman–Crippen MR) is 101 cm³/mol. The summed E-state index contributed by atoms with van der Waals surface area (Å²) >= 11 is 3.22. The Morgan fingerprint density at radius 1 is 0.652 bits per heavy atom. The van der Waals surface area contributed by atoms with Crippen LogP contribution < -0.4 is 0 Å². The minimum atomic E-state index is 0. The molecule has 0 aliphatic carbocycles.